The fourth-order valence-electron chi connectivity index (χ4n) is 6.55. The van der Waals surface area contributed by atoms with Crippen molar-refractivity contribution in [2.24, 2.45) is 5.92 Å². The predicted octanol–water partition coefficient (Wildman–Crippen LogP) is 5.83. The fourth-order valence-corrected chi connectivity index (χ4v) is 10.3. The molecule has 0 amide bonds. The zero-order valence-corrected chi connectivity index (χ0v) is 25.7. The molecule has 2 aliphatic heterocycles. The van der Waals surface area contributed by atoms with Crippen LogP contribution in [0.1, 0.15) is 47.2 Å². The van der Waals surface area contributed by atoms with Gasteiger partial charge in [0.15, 0.2) is 0 Å². The third-order valence-electron chi connectivity index (χ3n) is 8.74. The molecule has 0 spiro atoms. The second-order valence-electron chi connectivity index (χ2n) is 11.4. The summed E-state index contributed by atoms with van der Waals surface area (Å²) in [5, 5.41) is 0. The highest BCUT2D eigenvalue weighted by atomic mass is 32.2. The number of ketones is 1. The molecule has 0 aliphatic carbocycles. The van der Waals surface area contributed by atoms with E-state index < -0.39 is 44.1 Å². The van der Waals surface area contributed by atoms with Crippen LogP contribution in [0.25, 0.3) is 0 Å². The minimum absolute atomic E-state index is 0.0370. The van der Waals surface area contributed by atoms with Crippen molar-refractivity contribution >= 4 is 25.8 Å². The SMILES string of the molecule is Cc1ccc(S(=O)(=O)N2C[C@H]3C(=O)C[C@@H](c4ccccc4)N(S(=O)(=O)c4ccccc4C)[C@H]3C[C@H]2c2ccccc2)cc1. The lowest BCUT2D eigenvalue weighted by atomic mass is 9.77. The van der Waals surface area contributed by atoms with Crippen LogP contribution < -0.4 is 0 Å². The van der Waals surface area contributed by atoms with E-state index in [-0.39, 0.29) is 35.0 Å². The van der Waals surface area contributed by atoms with Gasteiger partial charge < -0.3 is 0 Å². The molecule has 0 unspecified atom stereocenters. The average Bonchev–Trinajstić information content (AvgIpc) is 3.01. The van der Waals surface area contributed by atoms with Crippen molar-refractivity contribution in [1.29, 1.82) is 0 Å². The Balaban J connectivity index is 1.51. The van der Waals surface area contributed by atoms with Gasteiger partial charge in [-0.15, -0.1) is 0 Å². The van der Waals surface area contributed by atoms with E-state index in [1.54, 1.807) is 55.5 Å². The van der Waals surface area contributed by atoms with Gasteiger partial charge in [-0.25, -0.2) is 16.8 Å². The number of aryl methyl sites for hydroxylation is 2. The number of fused-ring (bicyclic) bond motifs is 1. The van der Waals surface area contributed by atoms with Gasteiger partial charge in [0.2, 0.25) is 20.0 Å². The smallest absolute Gasteiger partial charge is 0.244 e. The van der Waals surface area contributed by atoms with Crippen LogP contribution in [0.3, 0.4) is 0 Å². The number of carbonyl (C=O) groups is 1. The maximum Gasteiger partial charge on any atom is 0.244 e. The molecule has 0 aromatic heterocycles. The summed E-state index contributed by atoms with van der Waals surface area (Å²) in [5.41, 5.74) is 3.03. The first-order valence-electron chi connectivity index (χ1n) is 14.4. The highest BCUT2D eigenvalue weighted by Gasteiger charge is 2.54. The zero-order valence-electron chi connectivity index (χ0n) is 24.1. The summed E-state index contributed by atoms with van der Waals surface area (Å²) < 4.78 is 60.5. The molecule has 9 heteroatoms. The van der Waals surface area contributed by atoms with Crippen LogP contribution in [0, 0.1) is 19.8 Å². The van der Waals surface area contributed by atoms with Crippen LogP contribution in [0.15, 0.2) is 119 Å². The Morgan fingerprint density at radius 1 is 0.651 bits per heavy atom. The van der Waals surface area contributed by atoms with Crippen LogP contribution in [0.4, 0.5) is 0 Å². The number of hydrogen-bond donors (Lipinski definition) is 0. The lowest BCUT2D eigenvalue weighted by Gasteiger charge is -2.51. The number of benzene rings is 4. The molecule has 222 valence electrons. The van der Waals surface area contributed by atoms with Crippen molar-refractivity contribution in [3.8, 4) is 0 Å². The molecule has 2 fully saturated rings. The van der Waals surface area contributed by atoms with E-state index in [0.717, 1.165) is 16.7 Å². The molecule has 0 N–H and O–H groups in total. The minimum Gasteiger partial charge on any atom is -0.299 e. The summed E-state index contributed by atoms with van der Waals surface area (Å²) in [6.07, 6.45) is 0.102. The highest BCUT2D eigenvalue weighted by Crippen LogP contribution is 2.48. The number of carbonyl (C=O) groups excluding carboxylic acids is 1. The first-order valence-corrected chi connectivity index (χ1v) is 17.3. The molecule has 2 aliphatic rings. The van der Waals surface area contributed by atoms with Gasteiger partial charge in [0.1, 0.15) is 5.78 Å². The summed E-state index contributed by atoms with van der Waals surface area (Å²) in [6, 6.07) is 29.9. The molecule has 6 rings (SSSR count). The van der Waals surface area contributed by atoms with Gasteiger partial charge in [-0.05, 0) is 55.2 Å². The molecule has 2 heterocycles. The number of nitrogens with zero attached hydrogens (tertiary/aromatic N) is 2. The number of rotatable bonds is 6. The quantitative estimate of drug-likeness (QED) is 0.273. The van der Waals surface area contributed by atoms with Crippen molar-refractivity contribution in [3.63, 3.8) is 0 Å². The zero-order chi connectivity index (χ0) is 30.4. The number of piperidine rings is 2. The van der Waals surface area contributed by atoms with E-state index in [1.807, 2.05) is 67.6 Å². The first-order chi connectivity index (χ1) is 20.6. The summed E-state index contributed by atoms with van der Waals surface area (Å²) in [6.45, 7) is 3.54. The third-order valence-corrected chi connectivity index (χ3v) is 12.7. The van der Waals surface area contributed by atoms with Crippen molar-refractivity contribution in [1.82, 2.24) is 8.61 Å². The van der Waals surface area contributed by atoms with Crippen molar-refractivity contribution in [2.75, 3.05) is 6.54 Å². The summed E-state index contributed by atoms with van der Waals surface area (Å²) >= 11 is 0. The lowest BCUT2D eigenvalue weighted by molar-refractivity contribution is -0.132. The van der Waals surface area contributed by atoms with Gasteiger partial charge in [-0.2, -0.15) is 8.61 Å². The maximum atomic E-state index is 14.6. The standard InChI is InChI=1S/C34H34N2O5S2/c1-24-17-19-28(20-18-24)42(38,39)35-23-29-32(21-30(35)26-12-5-3-6-13-26)36(43(40,41)34-16-10-9-11-25(34)2)31(22-33(29)37)27-14-7-4-8-15-27/h3-20,29-32H,21-23H2,1-2H3/t29-,30+,31+,32+/m1/s1. The van der Waals surface area contributed by atoms with Crippen molar-refractivity contribution in [2.45, 2.75) is 54.6 Å². The van der Waals surface area contributed by atoms with Crippen molar-refractivity contribution < 1.29 is 21.6 Å². The number of sulfonamides is 2. The Bertz CT molecular complexity index is 1840. The number of hydrogen-bond acceptors (Lipinski definition) is 5. The van der Waals surface area contributed by atoms with Crippen LogP contribution in [-0.4, -0.2) is 43.8 Å². The van der Waals surface area contributed by atoms with Gasteiger partial charge >= 0.3 is 0 Å². The molecular formula is C34H34N2O5S2. The molecule has 4 aromatic carbocycles. The molecule has 4 atom stereocenters. The second kappa shape index (κ2) is 11.5. The Morgan fingerprint density at radius 2 is 1.21 bits per heavy atom. The van der Waals surface area contributed by atoms with E-state index in [2.05, 4.69) is 0 Å². The summed E-state index contributed by atoms with van der Waals surface area (Å²) in [7, 11) is -8.10. The molecular weight excluding hydrogens is 581 g/mol. The highest BCUT2D eigenvalue weighted by molar-refractivity contribution is 7.89. The Kier molecular flexibility index (Phi) is 7.85. The molecule has 2 saturated heterocycles. The van der Waals surface area contributed by atoms with Crippen molar-refractivity contribution in [3.05, 3.63) is 131 Å². The fraction of sp³-hybridized carbons (Fsp3) is 0.265. The van der Waals surface area contributed by atoms with Gasteiger partial charge in [0.05, 0.1) is 21.9 Å². The maximum absolute atomic E-state index is 14.6. The Labute approximate surface area is 253 Å². The van der Waals surface area contributed by atoms with Gasteiger partial charge in [-0.1, -0.05) is 96.6 Å². The molecule has 7 nitrogen and oxygen atoms in total. The molecule has 0 saturated carbocycles. The normalized spacial score (nSPS) is 23.5. The molecule has 0 radical (unpaired) electrons. The largest absolute Gasteiger partial charge is 0.299 e. The monoisotopic (exact) mass is 614 g/mol. The topological polar surface area (TPSA) is 91.8 Å². The van der Waals surface area contributed by atoms with E-state index >= 15 is 0 Å². The first kappa shape index (κ1) is 29.4. The molecule has 43 heavy (non-hydrogen) atoms. The molecule has 4 aromatic rings. The van der Waals surface area contributed by atoms with Crippen LogP contribution in [-0.2, 0) is 24.8 Å². The van der Waals surface area contributed by atoms with Crippen LogP contribution in [0.5, 0.6) is 0 Å². The van der Waals surface area contributed by atoms with E-state index in [4.69, 9.17) is 0 Å². The van der Waals surface area contributed by atoms with Gasteiger partial charge in [0, 0.05) is 24.9 Å². The van der Waals surface area contributed by atoms with Gasteiger partial charge in [0.25, 0.3) is 0 Å². The average molecular weight is 615 g/mol. The molecule has 0 bridgehead atoms. The Hall–Kier alpha value is -3.63. The van der Waals surface area contributed by atoms with Gasteiger partial charge in [-0.3, -0.25) is 4.79 Å². The lowest BCUT2D eigenvalue weighted by Crippen LogP contribution is -2.61. The third kappa shape index (κ3) is 5.35. The Morgan fingerprint density at radius 3 is 1.81 bits per heavy atom. The van der Waals surface area contributed by atoms with Crippen LogP contribution in [0.2, 0.25) is 0 Å². The summed E-state index contributed by atoms with van der Waals surface area (Å²) in [4.78, 5) is 14.3. The van der Waals surface area contributed by atoms with E-state index in [1.165, 1.54) is 8.61 Å². The van der Waals surface area contributed by atoms with E-state index in [9.17, 15) is 21.6 Å². The van der Waals surface area contributed by atoms with E-state index in [0.29, 0.717) is 5.56 Å². The predicted molar refractivity (Wildman–Crippen MR) is 165 cm³/mol. The van der Waals surface area contributed by atoms with Crippen LogP contribution >= 0.6 is 0 Å². The number of Topliss-reactive ketones (excluding diaryl/α,β-unsaturated/α-hetero) is 1. The summed E-state index contributed by atoms with van der Waals surface area (Å²) in [5.74, 6) is -0.954. The minimum atomic E-state index is -4.09. The second-order valence-corrected chi connectivity index (χ2v) is 15.1.